The van der Waals surface area contributed by atoms with Crippen molar-refractivity contribution in [2.24, 2.45) is 0 Å². The summed E-state index contributed by atoms with van der Waals surface area (Å²) in [5.74, 6) is 0. The Morgan fingerprint density at radius 2 is 0.444 bits per heavy atom. The summed E-state index contributed by atoms with van der Waals surface area (Å²) >= 11 is 0. The second kappa shape index (κ2) is 32.0. The molecule has 54 heavy (non-hydrogen) atoms. The van der Waals surface area contributed by atoms with Gasteiger partial charge in [0, 0.05) is 0 Å². The van der Waals surface area contributed by atoms with E-state index in [2.05, 4.69) is 27.7 Å². The largest absolute Gasteiger partial charge is 0.296 e. The first-order valence-corrected chi connectivity index (χ1v) is 26.1. The monoisotopic (exact) mass is 799 g/mol. The van der Waals surface area contributed by atoms with Crippen LogP contribution in [0.3, 0.4) is 0 Å². The molecule has 0 spiro atoms. The van der Waals surface area contributed by atoms with Gasteiger partial charge in [-0.3, -0.25) is 9.11 Å². The lowest BCUT2D eigenvalue weighted by molar-refractivity contribution is 0.461. The Balaban J connectivity index is 3.60. The molecular formula is C46H86O6S2. The molecule has 318 valence electrons. The van der Waals surface area contributed by atoms with Gasteiger partial charge in [0.25, 0.3) is 20.2 Å². The Morgan fingerprint density at radius 3 is 0.630 bits per heavy atom. The van der Waals surface area contributed by atoms with Gasteiger partial charge in [-0.1, -0.05) is 207 Å². The third kappa shape index (κ3) is 22.7. The fourth-order valence-electron chi connectivity index (χ4n) is 8.33. The zero-order valence-corrected chi connectivity index (χ0v) is 37.4. The highest BCUT2D eigenvalue weighted by atomic mass is 32.2. The molecule has 0 saturated heterocycles. The van der Waals surface area contributed by atoms with E-state index in [-0.39, 0.29) is 0 Å². The molecule has 0 heterocycles. The summed E-state index contributed by atoms with van der Waals surface area (Å²) in [6.07, 6.45) is 38.0. The third-order valence-electron chi connectivity index (χ3n) is 11.5. The molecule has 0 saturated carbocycles. The van der Waals surface area contributed by atoms with E-state index in [9.17, 15) is 25.9 Å². The lowest BCUT2D eigenvalue weighted by Crippen LogP contribution is -2.20. The Kier molecular flexibility index (Phi) is 30.3. The minimum Gasteiger partial charge on any atom is -0.282 e. The third-order valence-corrected chi connectivity index (χ3v) is 13.5. The highest BCUT2D eigenvalue weighted by molar-refractivity contribution is 7.89. The highest BCUT2D eigenvalue weighted by Gasteiger charge is 2.34. The van der Waals surface area contributed by atoms with Crippen LogP contribution in [0, 0.1) is 0 Å². The normalized spacial score (nSPS) is 12.3. The number of unbranched alkanes of at least 4 members (excludes halogenated alkanes) is 28. The van der Waals surface area contributed by atoms with E-state index in [1.54, 1.807) is 0 Å². The van der Waals surface area contributed by atoms with Crippen molar-refractivity contribution >= 4 is 20.2 Å². The summed E-state index contributed by atoms with van der Waals surface area (Å²) in [6, 6.07) is 0. The molecule has 0 bridgehead atoms. The predicted molar refractivity (Wildman–Crippen MR) is 231 cm³/mol. The van der Waals surface area contributed by atoms with Crippen molar-refractivity contribution in [3.63, 3.8) is 0 Å². The van der Waals surface area contributed by atoms with E-state index in [0.29, 0.717) is 36.8 Å². The number of hydrogen-bond acceptors (Lipinski definition) is 4. The zero-order chi connectivity index (χ0) is 39.9. The Bertz CT molecular complexity index is 1190. The molecule has 0 aromatic heterocycles. The standard InChI is InChI=1S/C46H86O6S2/c1-5-9-13-17-21-25-29-33-37-41-42(38-34-30-26-22-18-14-10-6-2)44(40-36-32-28-24-20-16-12-8-4)46(54(50,51)52)45(53(47,48)49)43(41)39-35-31-27-23-19-15-11-7-3/h5-40H2,1-4H3,(H,47,48,49)(H,50,51,52). The van der Waals surface area contributed by atoms with Crippen molar-refractivity contribution in [3.8, 4) is 0 Å². The molecule has 0 fully saturated rings. The van der Waals surface area contributed by atoms with Crippen molar-refractivity contribution < 1.29 is 25.9 Å². The van der Waals surface area contributed by atoms with Crippen LogP contribution in [0.1, 0.15) is 255 Å². The van der Waals surface area contributed by atoms with Crippen LogP contribution in [0.4, 0.5) is 0 Å². The molecule has 0 radical (unpaired) electrons. The molecular weight excluding hydrogens is 713 g/mol. The molecule has 1 aromatic carbocycles. The number of rotatable bonds is 38. The average molecular weight is 799 g/mol. The van der Waals surface area contributed by atoms with Crippen LogP contribution in [-0.4, -0.2) is 25.9 Å². The van der Waals surface area contributed by atoms with Gasteiger partial charge in [-0.05, 0) is 73.6 Å². The van der Waals surface area contributed by atoms with Gasteiger partial charge >= 0.3 is 0 Å². The topological polar surface area (TPSA) is 109 Å². The quantitative estimate of drug-likeness (QED) is 0.0509. The van der Waals surface area contributed by atoms with Crippen LogP contribution in [0.25, 0.3) is 0 Å². The van der Waals surface area contributed by atoms with Crippen LogP contribution in [-0.2, 0) is 45.9 Å². The van der Waals surface area contributed by atoms with Gasteiger partial charge in [0.2, 0.25) is 0 Å². The summed E-state index contributed by atoms with van der Waals surface area (Å²) in [4.78, 5) is -1.06. The lowest BCUT2D eigenvalue weighted by Gasteiger charge is -2.25. The molecule has 1 rings (SSSR count). The molecule has 0 aliphatic carbocycles. The second-order valence-corrected chi connectivity index (χ2v) is 19.1. The number of benzene rings is 1. The van der Waals surface area contributed by atoms with Crippen molar-refractivity contribution in [3.05, 3.63) is 22.3 Å². The molecule has 0 amide bonds. The minimum atomic E-state index is -4.94. The van der Waals surface area contributed by atoms with Gasteiger partial charge in [0.15, 0.2) is 0 Å². The molecule has 8 heteroatoms. The van der Waals surface area contributed by atoms with Gasteiger partial charge in [0.05, 0.1) is 0 Å². The average Bonchev–Trinajstić information content (AvgIpc) is 3.12. The summed E-state index contributed by atoms with van der Waals surface area (Å²) < 4.78 is 75.1. The number of hydrogen-bond donors (Lipinski definition) is 2. The first-order chi connectivity index (χ1) is 26.0. The Morgan fingerprint density at radius 1 is 0.278 bits per heavy atom. The summed E-state index contributed by atoms with van der Waals surface area (Å²) in [7, 11) is -9.88. The van der Waals surface area contributed by atoms with E-state index in [1.165, 1.54) is 116 Å². The summed E-state index contributed by atoms with van der Waals surface area (Å²) in [5, 5.41) is 0. The van der Waals surface area contributed by atoms with Crippen LogP contribution < -0.4 is 0 Å². The van der Waals surface area contributed by atoms with Crippen LogP contribution in [0.15, 0.2) is 9.79 Å². The zero-order valence-electron chi connectivity index (χ0n) is 35.8. The Labute approximate surface area is 335 Å². The van der Waals surface area contributed by atoms with Gasteiger partial charge in [0.1, 0.15) is 9.79 Å². The fraction of sp³-hybridized carbons (Fsp3) is 0.870. The maximum Gasteiger partial charge on any atom is 0.296 e. The fourth-order valence-corrected chi connectivity index (χ4v) is 10.8. The predicted octanol–water partition coefficient (Wildman–Crippen LogP) is 14.9. The van der Waals surface area contributed by atoms with E-state index in [0.717, 1.165) is 101 Å². The van der Waals surface area contributed by atoms with Gasteiger partial charge in [-0.15, -0.1) is 0 Å². The van der Waals surface area contributed by atoms with Crippen molar-refractivity contribution in [1.82, 2.24) is 0 Å². The van der Waals surface area contributed by atoms with E-state index < -0.39 is 30.0 Å². The van der Waals surface area contributed by atoms with Crippen LogP contribution in [0.5, 0.6) is 0 Å². The summed E-state index contributed by atoms with van der Waals surface area (Å²) in [6.45, 7) is 8.88. The van der Waals surface area contributed by atoms with E-state index in [1.807, 2.05) is 0 Å². The van der Waals surface area contributed by atoms with E-state index in [4.69, 9.17) is 0 Å². The van der Waals surface area contributed by atoms with E-state index >= 15 is 0 Å². The molecule has 0 unspecified atom stereocenters. The van der Waals surface area contributed by atoms with Gasteiger partial charge < -0.3 is 0 Å². The molecule has 0 aliphatic rings. The summed E-state index contributed by atoms with van der Waals surface area (Å²) in [5.41, 5.74) is 2.80. The first kappa shape index (κ1) is 51.1. The lowest BCUT2D eigenvalue weighted by atomic mass is 9.85. The maximum atomic E-state index is 13.4. The smallest absolute Gasteiger partial charge is 0.282 e. The highest BCUT2D eigenvalue weighted by Crippen LogP contribution is 2.39. The SMILES string of the molecule is CCCCCCCCCCc1c(CCCCCCCCCC)c(CCCCCCCCCC)c(S(=O)(=O)O)c(S(=O)(=O)O)c1CCCCCCCCCC. The van der Waals surface area contributed by atoms with Crippen molar-refractivity contribution in [2.75, 3.05) is 0 Å². The minimum absolute atomic E-state index is 0.390. The Hall–Kier alpha value is -0.960. The van der Waals surface area contributed by atoms with Crippen molar-refractivity contribution in [2.45, 2.75) is 269 Å². The molecule has 1 aromatic rings. The first-order valence-electron chi connectivity index (χ1n) is 23.2. The molecule has 0 atom stereocenters. The van der Waals surface area contributed by atoms with Gasteiger partial charge in [-0.25, -0.2) is 0 Å². The molecule has 6 nitrogen and oxygen atoms in total. The van der Waals surface area contributed by atoms with Crippen LogP contribution in [0.2, 0.25) is 0 Å². The second-order valence-electron chi connectivity index (χ2n) is 16.4. The molecule has 0 aliphatic heterocycles. The maximum absolute atomic E-state index is 13.4. The molecule has 2 N–H and O–H groups in total. The van der Waals surface area contributed by atoms with Gasteiger partial charge in [-0.2, -0.15) is 16.8 Å². The van der Waals surface area contributed by atoms with Crippen molar-refractivity contribution in [1.29, 1.82) is 0 Å². The van der Waals surface area contributed by atoms with Crippen LogP contribution >= 0.6 is 0 Å².